The molecule has 7 heteroatoms. The summed E-state index contributed by atoms with van der Waals surface area (Å²) in [5, 5.41) is 4.21. The Balaban J connectivity index is 2.20. The van der Waals surface area contributed by atoms with Gasteiger partial charge in [0.25, 0.3) is 5.91 Å². The Morgan fingerprint density at radius 3 is 2.74 bits per heavy atom. The number of ether oxygens (including phenoxy) is 1. The van der Waals surface area contributed by atoms with Crippen LogP contribution in [0.15, 0.2) is 39.1 Å². The lowest BCUT2D eigenvalue weighted by Crippen LogP contribution is -2.14. The van der Waals surface area contributed by atoms with Gasteiger partial charge in [0.1, 0.15) is 11.1 Å². The molecule has 0 bridgehead atoms. The number of nitrogens with one attached hydrogen (secondary N) is 1. The summed E-state index contributed by atoms with van der Waals surface area (Å²) in [6, 6.07) is 4.07. The van der Waals surface area contributed by atoms with E-state index in [0.29, 0.717) is 10.6 Å². The molecule has 0 radical (unpaired) electrons. The highest BCUT2D eigenvalue weighted by Crippen LogP contribution is 2.23. The fourth-order valence-corrected chi connectivity index (χ4v) is 2.11. The predicted molar refractivity (Wildman–Crippen MR) is 68.6 cm³/mol. The number of thiophene rings is 1. The number of rotatable bonds is 3. The molecule has 0 saturated carbocycles. The summed E-state index contributed by atoms with van der Waals surface area (Å²) in [6.07, 6.45) is 1.06. The van der Waals surface area contributed by atoms with Crippen molar-refractivity contribution in [2.45, 2.75) is 0 Å². The van der Waals surface area contributed by atoms with E-state index in [1.54, 1.807) is 11.4 Å². The molecule has 2 aromatic rings. The SMILES string of the molecule is COC(=O)c1sccc1NC(=O)c1ccc(=O)oc1. The highest BCUT2D eigenvalue weighted by atomic mass is 32.1. The molecule has 19 heavy (non-hydrogen) atoms. The zero-order valence-corrected chi connectivity index (χ0v) is 10.7. The van der Waals surface area contributed by atoms with Gasteiger partial charge in [-0.1, -0.05) is 0 Å². The van der Waals surface area contributed by atoms with Crippen LogP contribution in [0.2, 0.25) is 0 Å². The normalized spacial score (nSPS) is 9.95. The molecular formula is C12H9NO5S. The molecule has 0 fully saturated rings. The Labute approximate surface area is 111 Å². The Morgan fingerprint density at radius 2 is 2.11 bits per heavy atom. The van der Waals surface area contributed by atoms with Crippen LogP contribution in [0.25, 0.3) is 0 Å². The average Bonchev–Trinajstić information content (AvgIpc) is 2.86. The van der Waals surface area contributed by atoms with Gasteiger partial charge in [0.15, 0.2) is 0 Å². The lowest BCUT2D eigenvalue weighted by atomic mass is 10.2. The van der Waals surface area contributed by atoms with E-state index in [-0.39, 0.29) is 5.56 Å². The summed E-state index contributed by atoms with van der Waals surface area (Å²) in [5.41, 5.74) is -0.00278. The van der Waals surface area contributed by atoms with E-state index in [1.807, 2.05) is 0 Å². The second-order valence-electron chi connectivity index (χ2n) is 3.45. The van der Waals surface area contributed by atoms with Gasteiger partial charge in [-0.2, -0.15) is 0 Å². The summed E-state index contributed by atoms with van der Waals surface area (Å²) in [4.78, 5) is 34.4. The van der Waals surface area contributed by atoms with Gasteiger partial charge in [0.05, 0.1) is 18.4 Å². The molecule has 0 unspecified atom stereocenters. The fourth-order valence-electron chi connectivity index (χ4n) is 1.34. The molecular weight excluding hydrogens is 270 g/mol. The molecule has 98 valence electrons. The first kappa shape index (κ1) is 13.0. The molecule has 0 aromatic carbocycles. The van der Waals surface area contributed by atoms with Gasteiger partial charge >= 0.3 is 11.6 Å². The molecule has 0 aliphatic rings. The Hall–Kier alpha value is -2.41. The molecule has 0 spiro atoms. The third-order valence-corrected chi connectivity index (χ3v) is 3.14. The quantitative estimate of drug-likeness (QED) is 0.865. The van der Waals surface area contributed by atoms with Crippen molar-refractivity contribution in [3.63, 3.8) is 0 Å². The van der Waals surface area contributed by atoms with Crippen molar-refractivity contribution in [1.29, 1.82) is 0 Å². The van der Waals surface area contributed by atoms with Crippen LogP contribution in [0.4, 0.5) is 5.69 Å². The topological polar surface area (TPSA) is 85.6 Å². The van der Waals surface area contributed by atoms with E-state index >= 15 is 0 Å². The van der Waals surface area contributed by atoms with Crippen LogP contribution < -0.4 is 10.9 Å². The Bertz CT molecular complexity index is 652. The largest absolute Gasteiger partial charge is 0.465 e. The van der Waals surface area contributed by atoms with E-state index < -0.39 is 17.5 Å². The zero-order valence-electron chi connectivity index (χ0n) is 9.84. The maximum Gasteiger partial charge on any atom is 0.350 e. The lowest BCUT2D eigenvalue weighted by molar-refractivity contribution is 0.0607. The molecule has 0 aliphatic carbocycles. The van der Waals surface area contributed by atoms with Crippen molar-refractivity contribution in [2.24, 2.45) is 0 Å². The molecule has 1 N–H and O–H groups in total. The van der Waals surface area contributed by atoms with E-state index in [0.717, 1.165) is 23.7 Å². The maximum absolute atomic E-state index is 11.9. The lowest BCUT2D eigenvalue weighted by Gasteiger charge is -2.04. The highest BCUT2D eigenvalue weighted by molar-refractivity contribution is 7.12. The molecule has 1 amide bonds. The van der Waals surface area contributed by atoms with Gasteiger partial charge in [-0.15, -0.1) is 11.3 Å². The number of methoxy groups -OCH3 is 1. The standard InChI is InChI=1S/C12H9NO5S/c1-17-12(16)10-8(4-5-19-10)13-11(15)7-2-3-9(14)18-6-7/h2-6H,1H3,(H,13,15). The first-order valence-corrected chi connectivity index (χ1v) is 6.06. The minimum absolute atomic E-state index is 0.182. The fraction of sp³-hybridized carbons (Fsp3) is 0.0833. The summed E-state index contributed by atoms with van der Waals surface area (Å²) < 4.78 is 9.19. The Kier molecular flexibility index (Phi) is 3.76. The van der Waals surface area contributed by atoms with Gasteiger partial charge in [-0.3, -0.25) is 4.79 Å². The summed E-state index contributed by atoms with van der Waals surface area (Å²) in [7, 11) is 1.26. The summed E-state index contributed by atoms with van der Waals surface area (Å²) in [6.45, 7) is 0. The van der Waals surface area contributed by atoms with Crippen molar-refractivity contribution < 1.29 is 18.7 Å². The average molecular weight is 279 g/mol. The maximum atomic E-state index is 11.9. The van der Waals surface area contributed by atoms with Gasteiger partial charge in [-0.05, 0) is 17.5 Å². The second-order valence-corrected chi connectivity index (χ2v) is 4.37. The van der Waals surface area contributed by atoms with Gasteiger partial charge < -0.3 is 14.5 Å². The van der Waals surface area contributed by atoms with Crippen molar-refractivity contribution in [3.05, 3.63) is 50.7 Å². The van der Waals surface area contributed by atoms with Crippen LogP contribution in [0.1, 0.15) is 20.0 Å². The molecule has 2 aromatic heterocycles. The van der Waals surface area contributed by atoms with Gasteiger partial charge in [0, 0.05) is 6.07 Å². The number of esters is 1. The van der Waals surface area contributed by atoms with E-state index in [4.69, 9.17) is 0 Å². The number of amides is 1. The predicted octanol–water partition coefficient (Wildman–Crippen LogP) is 1.74. The van der Waals surface area contributed by atoms with Crippen LogP contribution in [0, 0.1) is 0 Å². The molecule has 0 saturated heterocycles. The zero-order chi connectivity index (χ0) is 13.8. The molecule has 6 nitrogen and oxygen atoms in total. The summed E-state index contributed by atoms with van der Waals surface area (Å²) in [5.74, 6) is -1.00. The Morgan fingerprint density at radius 1 is 1.32 bits per heavy atom. The van der Waals surface area contributed by atoms with Crippen molar-refractivity contribution in [1.82, 2.24) is 0 Å². The van der Waals surface area contributed by atoms with Crippen molar-refractivity contribution in [2.75, 3.05) is 12.4 Å². The van der Waals surface area contributed by atoms with Crippen molar-refractivity contribution in [3.8, 4) is 0 Å². The van der Waals surface area contributed by atoms with Crippen LogP contribution in [-0.2, 0) is 4.74 Å². The smallest absolute Gasteiger partial charge is 0.350 e. The van der Waals surface area contributed by atoms with Crippen LogP contribution in [0.5, 0.6) is 0 Å². The first-order valence-electron chi connectivity index (χ1n) is 5.18. The van der Waals surface area contributed by atoms with E-state index in [1.165, 1.54) is 13.2 Å². The van der Waals surface area contributed by atoms with Crippen LogP contribution in [0.3, 0.4) is 0 Å². The molecule has 2 rings (SSSR count). The highest BCUT2D eigenvalue weighted by Gasteiger charge is 2.16. The molecule has 0 aliphatic heterocycles. The van der Waals surface area contributed by atoms with Crippen LogP contribution >= 0.6 is 11.3 Å². The van der Waals surface area contributed by atoms with Gasteiger partial charge in [-0.25, -0.2) is 9.59 Å². The number of hydrogen-bond acceptors (Lipinski definition) is 6. The second kappa shape index (κ2) is 5.49. The summed E-state index contributed by atoms with van der Waals surface area (Å²) >= 11 is 1.16. The number of carbonyl (C=O) groups excluding carboxylic acids is 2. The molecule has 2 heterocycles. The molecule has 0 atom stereocenters. The third-order valence-electron chi connectivity index (χ3n) is 2.25. The van der Waals surface area contributed by atoms with E-state index in [2.05, 4.69) is 14.5 Å². The number of anilines is 1. The van der Waals surface area contributed by atoms with Gasteiger partial charge in [0.2, 0.25) is 0 Å². The third kappa shape index (κ3) is 2.89. The first-order chi connectivity index (χ1) is 9.11. The van der Waals surface area contributed by atoms with Crippen molar-refractivity contribution >= 4 is 28.9 Å². The number of carbonyl (C=O) groups is 2. The minimum atomic E-state index is -0.540. The minimum Gasteiger partial charge on any atom is -0.465 e. The van der Waals surface area contributed by atoms with Crippen LogP contribution in [-0.4, -0.2) is 19.0 Å². The van der Waals surface area contributed by atoms with E-state index in [9.17, 15) is 14.4 Å². The number of hydrogen-bond donors (Lipinski definition) is 1. The monoisotopic (exact) mass is 279 g/mol.